The second-order valence-corrected chi connectivity index (χ2v) is 4.36. The maximum atomic E-state index is 12.0. The Morgan fingerprint density at radius 1 is 1.56 bits per heavy atom. The van der Waals surface area contributed by atoms with Crippen LogP contribution in [0.5, 0.6) is 0 Å². The Balaban J connectivity index is 1.65. The smallest absolute Gasteiger partial charge is 0.249 e. The van der Waals surface area contributed by atoms with Crippen LogP contribution >= 0.6 is 0 Å². The van der Waals surface area contributed by atoms with E-state index in [0.717, 1.165) is 19.4 Å². The van der Waals surface area contributed by atoms with E-state index in [-0.39, 0.29) is 11.8 Å². The first-order valence-corrected chi connectivity index (χ1v) is 5.70. The summed E-state index contributed by atoms with van der Waals surface area (Å²) in [6, 6.07) is 3.96. The van der Waals surface area contributed by atoms with E-state index in [0.29, 0.717) is 12.5 Å². The summed E-state index contributed by atoms with van der Waals surface area (Å²) in [4.78, 5) is 21.3. The first kappa shape index (κ1) is 9.78. The summed E-state index contributed by atoms with van der Waals surface area (Å²) >= 11 is 0. The van der Waals surface area contributed by atoms with E-state index in [1.54, 1.807) is 6.20 Å². The summed E-state index contributed by atoms with van der Waals surface area (Å²) in [5.41, 5.74) is 1.17. The van der Waals surface area contributed by atoms with Crippen molar-refractivity contribution in [1.82, 2.24) is 10.0 Å². The maximum absolute atomic E-state index is 12.0. The summed E-state index contributed by atoms with van der Waals surface area (Å²) in [5.74, 6) is 0.610. The number of carbonyl (C=O) groups excluding carboxylic acids is 1. The number of aromatic nitrogens is 1. The average Bonchev–Trinajstić information content (AvgIpc) is 2.95. The number of hydrogen-bond acceptors (Lipinski definition) is 3. The number of rotatable bonds is 2. The van der Waals surface area contributed by atoms with Gasteiger partial charge >= 0.3 is 0 Å². The quantitative estimate of drug-likeness (QED) is 0.752. The highest BCUT2D eigenvalue weighted by Crippen LogP contribution is 2.48. The molecule has 1 aliphatic carbocycles. The van der Waals surface area contributed by atoms with Crippen LogP contribution in [0.2, 0.25) is 0 Å². The standard InChI is InChI=1S/C12H14N2O2/c15-12(14-5-2-6-16-14)11-7-10(11)9-3-1-4-13-8-9/h1,3-4,8,10-11H,2,5-7H2. The molecule has 3 rings (SSSR count). The normalized spacial score (nSPS) is 28.1. The molecule has 84 valence electrons. The Bertz CT molecular complexity index is 387. The summed E-state index contributed by atoms with van der Waals surface area (Å²) in [7, 11) is 0. The van der Waals surface area contributed by atoms with Crippen molar-refractivity contribution in [2.75, 3.05) is 13.2 Å². The fraction of sp³-hybridized carbons (Fsp3) is 0.500. The predicted molar refractivity (Wildman–Crippen MR) is 57.4 cm³/mol. The number of hydroxylamine groups is 2. The van der Waals surface area contributed by atoms with Crippen LogP contribution in [0.4, 0.5) is 0 Å². The minimum absolute atomic E-state index is 0.113. The van der Waals surface area contributed by atoms with Crippen LogP contribution in [-0.2, 0) is 9.63 Å². The van der Waals surface area contributed by atoms with Gasteiger partial charge < -0.3 is 0 Å². The van der Waals surface area contributed by atoms with Gasteiger partial charge in [-0.2, -0.15) is 0 Å². The van der Waals surface area contributed by atoms with Crippen LogP contribution in [0, 0.1) is 5.92 Å². The second-order valence-electron chi connectivity index (χ2n) is 4.36. The number of carbonyl (C=O) groups is 1. The molecule has 1 aliphatic heterocycles. The minimum atomic E-state index is 0.113. The highest BCUT2D eigenvalue weighted by atomic mass is 16.7. The molecule has 2 atom stereocenters. The highest BCUT2D eigenvalue weighted by Gasteiger charge is 2.46. The Morgan fingerprint density at radius 3 is 3.19 bits per heavy atom. The van der Waals surface area contributed by atoms with Crippen molar-refractivity contribution in [3.8, 4) is 0 Å². The van der Waals surface area contributed by atoms with E-state index in [4.69, 9.17) is 4.84 Å². The van der Waals surface area contributed by atoms with Gasteiger partial charge in [0.05, 0.1) is 13.2 Å². The van der Waals surface area contributed by atoms with Gasteiger partial charge in [0.25, 0.3) is 0 Å². The van der Waals surface area contributed by atoms with E-state index in [9.17, 15) is 4.79 Å². The third-order valence-electron chi connectivity index (χ3n) is 3.22. The van der Waals surface area contributed by atoms with Gasteiger partial charge in [0, 0.05) is 18.3 Å². The van der Waals surface area contributed by atoms with Crippen LogP contribution < -0.4 is 0 Å². The zero-order valence-corrected chi connectivity index (χ0v) is 9.00. The molecule has 0 N–H and O–H groups in total. The van der Waals surface area contributed by atoms with E-state index in [2.05, 4.69) is 4.98 Å². The van der Waals surface area contributed by atoms with Gasteiger partial charge in [-0.3, -0.25) is 14.6 Å². The lowest BCUT2D eigenvalue weighted by Crippen LogP contribution is -2.28. The molecule has 4 nitrogen and oxygen atoms in total. The fourth-order valence-corrected chi connectivity index (χ4v) is 2.24. The van der Waals surface area contributed by atoms with Crippen LogP contribution in [-0.4, -0.2) is 29.1 Å². The molecule has 1 aromatic rings. The largest absolute Gasteiger partial charge is 0.272 e. The predicted octanol–water partition coefficient (Wildman–Crippen LogP) is 1.35. The molecule has 1 aromatic heterocycles. The molecule has 16 heavy (non-hydrogen) atoms. The van der Waals surface area contributed by atoms with E-state index in [1.807, 2.05) is 18.3 Å². The number of nitrogens with zero attached hydrogens (tertiary/aromatic N) is 2. The van der Waals surface area contributed by atoms with Crippen molar-refractivity contribution < 1.29 is 9.63 Å². The molecule has 2 unspecified atom stereocenters. The Hall–Kier alpha value is -1.42. The topological polar surface area (TPSA) is 42.4 Å². The molecule has 2 fully saturated rings. The molecular weight excluding hydrogens is 204 g/mol. The third kappa shape index (κ3) is 1.69. The SMILES string of the molecule is O=C(C1CC1c1cccnc1)N1CCCO1. The minimum Gasteiger partial charge on any atom is -0.272 e. The molecule has 0 spiro atoms. The molecule has 1 saturated carbocycles. The van der Waals surface area contributed by atoms with E-state index >= 15 is 0 Å². The molecule has 4 heteroatoms. The third-order valence-corrected chi connectivity index (χ3v) is 3.22. The first-order chi connectivity index (χ1) is 7.86. The molecule has 2 heterocycles. The lowest BCUT2D eigenvalue weighted by molar-refractivity contribution is -0.170. The van der Waals surface area contributed by atoms with Gasteiger partial charge in [0.1, 0.15) is 0 Å². The highest BCUT2D eigenvalue weighted by molar-refractivity contribution is 5.82. The molecule has 1 amide bonds. The van der Waals surface area contributed by atoms with Crippen molar-refractivity contribution in [3.05, 3.63) is 30.1 Å². The summed E-state index contributed by atoms with van der Waals surface area (Å²) in [5, 5.41) is 1.53. The van der Waals surface area contributed by atoms with Crippen LogP contribution in [0.25, 0.3) is 0 Å². The van der Waals surface area contributed by atoms with Crippen molar-refractivity contribution in [2.45, 2.75) is 18.8 Å². The van der Waals surface area contributed by atoms with Gasteiger partial charge in [-0.15, -0.1) is 0 Å². The lowest BCUT2D eigenvalue weighted by Gasteiger charge is -2.13. The van der Waals surface area contributed by atoms with E-state index < -0.39 is 0 Å². The van der Waals surface area contributed by atoms with Gasteiger partial charge in [-0.1, -0.05) is 6.07 Å². The fourth-order valence-electron chi connectivity index (χ4n) is 2.24. The second kappa shape index (κ2) is 3.87. The summed E-state index contributed by atoms with van der Waals surface area (Å²) in [6.07, 6.45) is 5.50. The van der Waals surface area contributed by atoms with Crippen molar-refractivity contribution in [2.24, 2.45) is 5.92 Å². The molecule has 0 radical (unpaired) electrons. The van der Waals surface area contributed by atoms with Crippen LogP contribution in [0.1, 0.15) is 24.3 Å². The molecular formula is C12H14N2O2. The van der Waals surface area contributed by atoms with E-state index in [1.165, 1.54) is 10.6 Å². The van der Waals surface area contributed by atoms with Crippen LogP contribution in [0.15, 0.2) is 24.5 Å². The first-order valence-electron chi connectivity index (χ1n) is 5.70. The van der Waals surface area contributed by atoms with Gasteiger partial charge in [0.15, 0.2) is 0 Å². The maximum Gasteiger partial charge on any atom is 0.249 e. The van der Waals surface area contributed by atoms with Crippen LogP contribution in [0.3, 0.4) is 0 Å². The summed E-state index contributed by atoms with van der Waals surface area (Å²) in [6.45, 7) is 1.42. The molecule has 2 aliphatic rings. The molecule has 0 bridgehead atoms. The monoisotopic (exact) mass is 218 g/mol. The Kier molecular flexibility index (Phi) is 2.36. The van der Waals surface area contributed by atoms with Crippen molar-refractivity contribution >= 4 is 5.91 Å². The Labute approximate surface area is 94.2 Å². The number of hydrogen-bond donors (Lipinski definition) is 0. The molecule has 1 saturated heterocycles. The van der Waals surface area contributed by atoms with Gasteiger partial charge in [-0.05, 0) is 30.4 Å². The van der Waals surface area contributed by atoms with Gasteiger partial charge in [-0.25, -0.2) is 5.06 Å². The summed E-state index contributed by atoms with van der Waals surface area (Å²) < 4.78 is 0. The lowest BCUT2D eigenvalue weighted by atomic mass is 10.1. The zero-order valence-electron chi connectivity index (χ0n) is 9.00. The Morgan fingerprint density at radius 2 is 2.50 bits per heavy atom. The number of amides is 1. The zero-order chi connectivity index (χ0) is 11.0. The molecule has 0 aromatic carbocycles. The van der Waals surface area contributed by atoms with Crippen molar-refractivity contribution in [1.29, 1.82) is 0 Å². The number of pyridine rings is 1. The average molecular weight is 218 g/mol. The van der Waals surface area contributed by atoms with Crippen molar-refractivity contribution in [3.63, 3.8) is 0 Å². The van der Waals surface area contributed by atoms with Gasteiger partial charge in [0.2, 0.25) is 5.91 Å².